The van der Waals surface area contributed by atoms with Gasteiger partial charge in [0.15, 0.2) is 5.82 Å². The number of hydrogen-bond donors (Lipinski definition) is 1. The number of rotatable bonds is 8. The van der Waals surface area contributed by atoms with Gasteiger partial charge in [-0.1, -0.05) is 55.5 Å². The quantitative estimate of drug-likeness (QED) is 0.320. The molecule has 3 aromatic carbocycles. The third kappa shape index (κ3) is 5.57. The van der Waals surface area contributed by atoms with Gasteiger partial charge in [0, 0.05) is 43.8 Å². The molecular weight excluding hydrogens is 505 g/mol. The van der Waals surface area contributed by atoms with Crippen LogP contribution in [0.15, 0.2) is 83.7 Å². The first-order valence-corrected chi connectivity index (χ1v) is 13.7. The molecule has 1 N–H and O–H groups in total. The number of aromatic amines is 1. The molecule has 1 fully saturated rings. The molecule has 0 unspecified atom stereocenters. The lowest BCUT2D eigenvalue weighted by molar-refractivity contribution is 0.0998. The summed E-state index contributed by atoms with van der Waals surface area (Å²) in [4.78, 5) is 21.4. The molecule has 5 aromatic rings. The lowest BCUT2D eigenvalue weighted by Crippen LogP contribution is -2.48. The summed E-state index contributed by atoms with van der Waals surface area (Å²) in [5.74, 6) is 0.304. The van der Waals surface area contributed by atoms with Crippen molar-refractivity contribution in [2.45, 2.75) is 32.5 Å². The van der Waals surface area contributed by atoms with E-state index >= 15 is 0 Å². The van der Waals surface area contributed by atoms with Gasteiger partial charge in [0.1, 0.15) is 11.9 Å². The predicted octanol–water partition coefficient (Wildman–Crippen LogP) is 4.17. The van der Waals surface area contributed by atoms with Gasteiger partial charge in [0.2, 0.25) is 0 Å². The van der Waals surface area contributed by atoms with Gasteiger partial charge >= 0.3 is 0 Å². The maximum atomic E-state index is 13.6. The Labute approximate surface area is 232 Å². The Balaban J connectivity index is 1.35. The number of aromatic nitrogens is 5. The molecule has 204 valence electrons. The fourth-order valence-electron chi connectivity index (χ4n) is 5.50. The zero-order chi connectivity index (χ0) is 27.5. The molecular formula is C31H32FN7O. The van der Waals surface area contributed by atoms with Gasteiger partial charge in [-0.15, -0.1) is 5.10 Å². The van der Waals surface area contributed by atoms with E-state index in [-0.39, 0.29) is 11.4 Å². The summed E-state index contributed by atoms with van der Waals surface area (Å²) in [7, 11) is 0. The second-order valence-electron chi connectivity index (χ2n) is 10.4. The molecule has 40 heavy (non-hydrogen) atoms. The number of tetrazole rings is 1. The van der Waals surface area contributed by atoms with Crippen molar-refractivity contribution in [1.29, 1.82) is 0 Å². The second kappa shape index (κ2) is 11.5. The number of nitrogens with one attached hydrogen (secondary N) is 1. The molecule has 2 aromatic heterocycles. The largest absolute Gasteiger partial charge is 0.322 e. The minimum absolute atomic E-state index is 0.148. The van der Waals surface area contributed by atoms with Crippen molar-refractivity contribution in [2.75, 3.05) is 26.2 Å². The summed E-state index contributed by atoms with van der Waals surface area (Å²) in [6, 6.07) is 24.5. The van der Waals surface area contributed by atoms with Crippen molar-refractivity contribution < 1.29 is 4.39 Å². The second-order valence-corrected chi connectivity index (χ2v) is 10.4. The topological polar surface area (TPSA) is 82.9 Å². The van der Waals surface area contributed by atoms with Crippen LogP contribution in [0.3, 0.4) is 0 Å². The average Bonchev–Trinajstić information content (AvgIpc) is 3.43. The number of fused-ring (bicyclic) bond motifs is 1. The van der Waals surface area contributed by atoms with Crippen LogP contribution in [-0.2, 0) is 19.5 Å². The average molecular weight is 538 g/mol. The van der Waals surface area contributed by atoms with Crippen molar-refractivity contribution >= 4 is 10.9 Å². The van der Waals surface area contributed by atoms with E-state index in [0.29, 0.717) is 17.9 Å². The Morgan fingerprint density at radius 3 is 2.35 bits per heavy atom. The van der Waals surface area contributed by atoms with Gasteiger partial charge in [-0.05, 0) is 69.3 Å². The highest BCUT2D eigenvalue weighted by Gasteiger charge is 2.32. The van der Waals surface area contributed by atoms with Crippen LogP contribution in [-0.4, -0.2) is 61.2 Å². The third-order valence-corrected chi connectivity index (χ3v) is 7.71. The van der Waals surface area contributed by atoms with E-state index in [1.54, 1.807) is 16.8 Å². The van der Waals surface area contributed by atoms with Crippen LogP contribution in [0.1, 0.15) is 41.0 Å². The maximum Gasteiger partial charge on any atom is 0.253 e. The number of aryl methyl sites for hydroxylation is 1. The summed E-state index contributed by atoms with van der Waals surface area (Å²) in [6.07, 6.45) is 0.910. The van der Waals surface area contributed by atoms with Gasteiger partial charge < -0.3 is 4.98 Å². The van der Waals surface area contributed by atoms with E-state index in [9.17, 15) is 9.18 Å². The van der Waals surface area contributed by atoms with Gasteiger partial charge in [-0.3, -0.25) is 14.6 Å². The van der Waals surface area contributed by atoms with Crippen LogP contribution in [0, 0.1) is 5.82 Å². The highest BCUT2D eigenvalue weighted by atomic mass is 19.1. The predicted molar refractivity (Wildman–Crippen MR) is 152 cm³/mol. The lowest BCUT2D eigenvalue weighted by Gasteiger charge is -2.38. The Bertz CT molecular complexity index is 1640. The summed E-state index contributed by atoms with van der Waals surface area (Å²) >= 11 is 0. The molecule has 3 heterocycles. The number of H-pyrrole nitrogens is 1. The van der Waals surface area contributed by atoms with Gasteiger partial charge in [0.25, 0.3) is 5.56 Å². The molecule has 9 heteroatoms. The zero-order valence-corrected chi connectivity index (χ0v) is 22.5. The van der Waals surface area contributed by atoms with Crippen LogP contribution in [0.2, 0.25) is 0 Å². The van der Waals surface area contributed by atoms with Crippen molar-refractivity contribution in [1.82, 2.24) is 35.0 Å². The first-order valence-electron chi connectivity index (χ1n) is 13.7. The molecule has 0 radical (unpaired) electrons. The minimum Gasteiger partial charge on any atom is -0.322 e. The van der Waals surface area contributed by atoms with Crippen LogP contribution < -0.4 is 5.56 Å². The fraction of sp³-hybridized carbons (Fsp3) is 0.290. The standard InChI is InChI=1S/C31H32FN7O/c1-2-22-10-13-28-25(18-22)19-27(31(40)33-28)29(30-34-35-36-39(30)21-24-8-11-26(32)12-9-24)38-16-14-37(15-17-38)20-23-6-4-3-5-7-23/h3-13,18-19,29H,2,14-17,20-21H2,1H3,(H,33,40)/t29-/m0/s1. The van der Waals surface area contributed by atoms with E-state index in [1.165, 1.54) is 23.3 Å². The lowest BCUT2D eigenvalue weighted by atomic mass is 10.0. The summed E-state index contributed by atoms with van der Waals surface area (Å²) in [6.45, 7) is 6.61. The third-order valence-electron chi connectivity index (χ3n) is 7.71. The molecule has 0 amide bonds. The first kappa shape index (κ1) is 26.0. The number of halogens is 1. The summed E-state index contributed by atoms with van der Waals surface area (Å²) in [5, 5.41) is 13.7. The van der Waals surface area contributed by atoms with Crippen molar-refractivity contribution in [3.8, 4) is 0 Å². The highest BCUT2D eigenvalue weighted by Crippen LogP contribution is 2.29. The SMILES string of the molecule is CCc1ccc2[nH]c(=O)c([C@@H](c3nnnn3Cc3ccc(F)cc3)N3CCN(Cc4ccccc4)CC3)cc2c1. The van der Waals surface area contributed by atoms with Gasteiger partial charge in [-0.25, -0.2) is 9.07 Å². The van der Waals surface area contributed by atoms with E-state index in [1.807, 2.05) is 24.3 Å². The number of nitrogens with zero attached hydrogens (tertiary/aromatic N) is 6. The molecule has 0 aliphatic carbocycles. The summed E-state index contributed by atoms with van der Waals surface area (Å²) < 4.78 is 15.3. The Kier molecular flexibility index (Phi) is 7.48. The van der Waals surface area contributed by atoms with Crippen molar-refractivity contribution in [3.05, 3.63) is 123 Å². The van der Waals surface area contributed by atoms with Crippen molar-refractivity contribution in [3.63, 3.8) is 0 Å². The molecule has 1 atom stereocenters. The Morgan fingerprint density at radius 2 is 1.60 bits per heavy atom. The van der Waals surface area contributed by atoms with E-state index < -0.39 is 6.04 Å². The number of hydrogen-bond acceptors (Lipinski definition) is 6. The maximum absolute atomic E-state index is 13.6. The molecule has 6 rings (SSSR count). The van der Waals surface area contributed by atoms with Crippen LogP contribution in [0.5, 0.6) is 0 Å². The molecule has 1 aliphatic heterocycles. The number of piperazine rings is 1. The zero-order valence-electron chi connectivity index (χ0n) is 22.5. The van der Waals surface area contributed by atoms with Crippen LogP contribution >= 0.6 is 0 Å². The highest BCUT2D eigenvalue weighted by molar-refractivity contribution is 5.80. The summed E-state index contributed by atoms with van der Waals surface area (Å²) in [5.41, 5.74) is 4.65. The molecule has 8 nitrogen and oxygen atoms in total. The molecule has 0 saturated carbocycles. The molecule has 0 spiro atoms. The van der Waals surface area contributed by atoms with Gasteiger partial charge in [0.05, 0.1) is 6.54 Å². The monoisotopic (exact) mass is 537 g/mol. The molecule has 0 bridgehead atoms. The van der Waals surface area contributed by atoms with Crippen molar-refractivity contribution in [2.24, 2.45) is 0 Å². The minimum atomic E-state index is -0.437. The van der Waals surface area contributed by atoms with Gasteiger partial charge in [-0.2, -0.15) is 0 Å². The number of benzene rings is 3. The smallest absolute Gasteiger partial charge is 0.253 e. The molecule has 1 saturated heterocycles. The van der Waals surface area contributed by atoms with E-state index in [2.05, 4.69) is 67.6 Å². The number of pyridine rings is 1. The fourth-order valence-corrected chi connectivity index (χ4v) is 5.50. The van der Waals surface area contributed by atoms with E-state index in [0.717, 1.165) is 55.6 Å². The van der Waals surface area contributed by atoms with Crippen LogP contribution in [0.25, 0.3) is 10.9 Å². The van der Waals surface area contributed by atoms with Crippen LogP contribution in [0.4, 0.5) is 4.39 Å². The Hall–Kier alpha value is -4.21. The molecule has 1 aliphatic rings. The van der Waals surface area contributed by atoms with E-state index in [4.69, 9.17) is 0 Å². The normalized spacial score (nSPS) is 15.4. The first-order chi connectivity index (χ1) is 19.6. The Morgan fingerprint density at radius 1 is 0.875 bits per heavy atom.